The number of ether oxygens (including phenoxy) is 1. The summed E-state index contributed by atoms with van der Waals surface area (Å²) in [7, 11) is -2.60. The van der Waals surface area contributed by atoms with Crippen molar-refractivity contribution in [3.05, 3.63) is 30.3 Å². The zero-order valence-electron chi connectivity index (χ0n) is 18.1. The van der Waals surface area contributed by atoms with Gasteiger partial charge in [-0.3, -0.25) is 0 Å². The van der Waals surface area contributed by atoms with E-state index in [-0.39, 0.29) is 20.9 Å². The van der Waals surface area contributed by atoms with E-state index in [0.717, 1.165) is 0 Å². The molecule has 1 aliphatic rings. The monoisotopic (exact) mass is 492 g/mol. The van der Waals surface area contributed by atoms with Gasteiger partial charge in [0.15, 0.2) is 0 Å². The fourth-order valence-corrected chi connectivity index (χ4v) is 13.2. The Labute approximate surface area is 176 Å². The van der Waals surface area contributed by atoms with Gasteiger partial charge in [-0.1, -0.05) is 0 Å². The van der Waals surface area contributed by atoms with E-state index in [1.165, 1.54) is 18.7 Å². The Morgan fingerprint density at radius 3 is 2.14 bits per heavy atom. The molecule has 0 saturated heterocycles. The van der Waals surface area contributed by atoms with Crippen molar-refractivity contribution in [2.75, 3.05) is 14.2 Å². The van der Waals surface area contributed by atoms with Crippen molar-refractivity contribution in [2.45, 2.75) is 62.0 Å². The van der Waals surface area contributed by atoms with E-state index >= 15 is 0 Å². The molecule has 0 N–H and O–H groups in total. The molecule has 0 bridgehead atoms. The summed E-state index contributed by atoms with van der Waals surface area (Å²) in [6.07, 6.45) is 0.490. The third-order valence-electron chi connectivity index (χ3n) is 4.93. The Kier molecular flexibility index (Phi) is 7.13. The topological polar surface area (TPSA) is 61.8 Å². The Balaban J connectivity index is 2.45. The molecule has 0 amide bonds. The summed E-state index contributed by atoms with van der Waals surface area (Å²) in [6, 6.07) is 10.4. The van der Waals surface area contributed by atoms with Crippen LogP contribution in [-0.4, -0.2) is 54.0 Å². The molecule has 0 radical (unpaired) electrons. The zero-order valence-corrected chi connectivity index (χ0v) is 21.8. The summed E-state index contributed by atoms with van der Waals surface area (Å²) in [4.78, 5) is 13.3. The van der Waals surface area contributed by atoms with Crippen molar-refractivity contribution in [2.24, 2.45) is 5.92 Å². The molecule has 158 valence electrons. The molecule has 1 aromatic rings. The van der Waals surface area contributed by atoms with E-state index in [9.17, 15) is 9.36 Å². The van der Waals surface area contributed by atoms with Crippen molar-refractivity contribution < 1.29 is 23.1 Å². The van der Waals surface area contributed by atoms with Crippen LogP contribution in [0, 0.1) is 5.92 Å². The van der Waals surface area contributed by atoms with Gasteiger partial charge in [0.25, 0.3) is 0 Å². The second-order valence-corrected chi connectivity index (χ2v) is 20.7. The van der Waals surface area contributed by atoms with Gasteiger partial charge in [-0.15, -0.1) is 0 Å². The van der Waals surface area contributed by atoms with E-state index in [0.29, 0.717) is 10.9 Å². The number of benzene rings is 1. The number of hydrogen-bond acceptors (Lipinski definition) is 5. The van der Waals surface area contributed by atoms with Crippen molar-refractivity contribution >= 4 is 41.1 Å². The van der Waals surface area contributed by atoms with Crippen LogP contribution in [-0.2, 0) is 23.1 Å². The molecule has 3 atom stereocenters. The van der Waals surface area contributed by atoms with Gasteiger partial charge in [0.1, 0.15) is 0 Å². The van der Waals surface area contributed by atoms with Crippen LogP contribution in [0.15, 0.2) is 30.3 Å². The summed E-state index contributed by atoms with van der Waals surface area (Å²) >= 11 is 0.159. The van der Waals surface area contributed by atoms with Gasteiger partial charge >= 0.3 is 177 Å². The third kappa shape index (κ3) is 4.83. The summed E-state index contributed by atoms with van der Waals surface area (Å²) in [5, 5.41) is -1.20. The van der Waals surface area contributed by atoms with Gasteiger partial charge < -0.3 is 0 Å². The van der Waals surface area contributed by atoms with Crippen molar-refractivity contribution in [3.63, 3.8) is 0 Å². The second-order valence-electron chi connectivity index (χ2n) is 9.32. The van der Waals surface area contributed by atoms with Crippen LogP contribution in [0.25, 0.3) is 0 Å². The first-order chi connectivity index (χ1) is 12.8. The summed E-state index contributed by atoms with van der Waals surface area (Å²) in [5.74, 6) is -0.510. The van der Waals surface area contributed by atoms with Crippen molar-refractivity contribution in [3.8, 4) is 0 Å². The Bertz CT molecular complexity index is 735. The number of esters is 1. The first kappa shape index (κ1) is 23.9. The van der Waals surface area contributed by atoms with Crippen LogP contribution in [0.3, 0.4) is 0 Å². The van der Waals surface area contributed by atoms with Crippen LogP contribution in [0.1, 0.15) is 27.2 Å². The average Bonchev–Trinajstić information content (AvgIpc) is 3.34. The molecule has 5 nitrogen and oxygen atoms in total. The Morgan fingerprint density at radius 2 is 1.71 bits per heavy atom. The van der Waals surface area contributed by atoms with E-state index < -0.39 is 32.4 Å². The fraction of sp³-hybridized carbons (Fsp3) is 0.650. The Morgan fingerprint density at radius 1 is 1.18 bits per heavy atom. The molecular formula is C20H33O5PSeSi. The van der Waals surface area contributed by atoms with Gasteiger partial charge in [0.2, 0.25) is 0 Å². The second kappa shape index (κ2) is 8.37. The first-order valence-electron chi connectivity index (χ1n) is 9.47. The molecule has 0 aliphatic heterocycles. The number of hydrogen-bond donors (Lipinski definition) is 0. The third-order valence-corrected chi connectivity index (χ3v) is 17.1. The van der Waals surface area contributed by atoms with Gasteiger partial charge in [0.05, 0.1) is 0 Å². The standard InChI is InChI=1S/C20H33O5PSeSi/c1-19(2,3)25-18(21)20(26(22,23-4)24-5)14-16(20)17(28(6,7)8)27-15-12-10-9-11-13-15/h9-13,16-17H,14H2,1-8H3/t16-,17?,20+/m0/s1. The normalized spacial score (nSPS) is 23.9. The predicted molar refractivity (Wildman–Crippen MR) is 117 cm³/mol. The molecule has 1 saturated carbocycles. The van der Waals surface area contributed by atoms with Gasteiger partial charge in [-0.25, -0.2) is 0 Å². The summed E-state index contributed by atoms with van der Waals surface area (Å²) in [6.45, 7) is 12.4. The minimum atomic E-state index is -3.64. The molecule has 1 aliphatic carbocycles. The summed E-state index contributed by atoms with van der Waals surface area (Å²) < 4.78 is 31.5. The molecule has 2 rings (SSSR count). The average molecular weight is 491 g/mol. The maximum atomic E-state index is 13.5. The Hall–Kier alpha value is -0.424. The molecule has 0 spiro atoms. The molecule has 1 unspecified atom stereocenters. The van der Waals surface area contributed by atoms with E-state index in [4.69, 9.17) is 13.8 Å². The molecule has 1 fully saturated rings. The van der Waals surface area contributed by atoms with Crippen LogP contribution in [0.5, 0.6) is 0 Å². The van der Waals surface area contributed by atoms with E-state index in [1.54, 1.807) is 0 Å². The van der Waals surface area contributed by atoms with Crippen LogP contribution < -0.4 is 4.46 Å². The first-order valence-corrected chi connectivity index (χ1v) is 16.4. The maximum absolute atomic E-state index is 13.5. The van der Waals surface area contributed by atoms with Gasteiger partial charge in [-0.2, -0.15) is 0 Å². The fourth-order valence-electron chi connectivity index (χ4n) is 3.57. The molecule has 0 aromatic heterocycles. The number of carbonyl (C=O) groups excluding carboxylic acids is 1. The number of carbonyl (C=O) groups is 1. The quantitative estimate of drug-likeness (QED) is 0.309. The minimum absolute atomic E-state index is 0.0556. The van der Waals surface area contributed by atoms with Gasteiger partial charge in [-0.05, 0) is 0 Å². The van der Waals surface area contributed by atoms with Gasteiger partial charge in [0, 0.05) is 0 Å². The van der Waals surface area contributed by atoms with E-state index in [2.05, 4.69) is 31.8 Å². The number of rotatable bonds is 8. The molecule has 28 heavy (non-hydrogen) atoms. The predicted octanol–water partition coefficient (Wildman–Crippen LogP) is 4.27. The van der Waals surface area contributed by atoms with Crippen LogP contribution in [0.2, 0.25) is 24.1 Å². The zero-order chi connectivity index (χ0) is 21.4. The molecule has 0 heterocycles. The van der Waals surface area contributed by atoms with Crippen LogP contribution >= 0.6 is 7.60 Å². The molecular weight excluding hydrogens is 458 g/mol. The van der Waals surface area contributed by atoms with Crippen LogP contribution in [0.4, 0.5) is 0 Å². The van der Waals surface area contributed by atoms with Crippen molar-refractivity contribution in [1.29, 1.82) is 0 Å². The molecule has 1 aromatic carbocycles. The van der Waals surface area contributed by atoms with Crippen molar-refractivity contribution in [1.82, 2.24) is 0 Å². The SMILES string of the molecule is COP(=O)(OC)[C@]1(C(=O)OC(C)(C)C)C[C@H]1C([Se]c1ccccc1)[Si](C)(C)C. The summed E-state index contributed by atoms with van der Waals surface area (Å²) in [5.41, 5.74) is -0.664. The van der Waals surface area contributed by atoms with E-state index in [1.807, 2.05) is 39.0 Å². The molecule has 8 heteroatoms.